The summed E-state index contributed by atoms with van der Waals surface area (Å²) in [6.45, 7) is 5.51. The van der Waals surface area contributed by atoms with Crippen molar-refractivity contribution in [1.29, 1.82) is 0 Å². The second kappa shape index (κ2) is 6.42. The number of ether oxygens (including phenoxy) is 1. The van der Waals surface area contributed by atoms with Gasteiger partial charge in [-0.15, -0.1) is 0 Å². The van der Waals surface area contributed by atoms with E-state index in [0.717, 1.165) is 17.6 Å². The maximum atomic E-state index is 12.8. The third-order valence-electron chi connectivity index (χ3n) is 4.53. The van der Waals surface area contributed by atoms with Crippen molar-refractivity contribution in [3.05, 3.63) is 35.2 Å². The van der Waals surface area contributed by atoms with Crippen molar-refractivity contribution in [1.82, 2.24) is 19.3 Å². The lowest BCUT2D eigenvalue weighted by atomic mass is 10.1. The number of hydrogen-bond donors (Lipinski definition) is 2. The van der Waals surface area contributed by atoms with Crippen LogP contribution in [-0.4, -0.2) is 37.8 Å². The molecule has 2 aromatic heterocycles. The molecule has 0 saturated heterocycles. The van der Waals surface area contributed by atoms with Gasteiger partial charge in [0.15, 0.2) is 0 Å². The van der Waals surface area contributed by atoms with E-state index in [-0.39, 0.29) is 5.91 Å². The first-order valence-corrected chi connectivity index (χ1v) is 8.80. The highest BCUT2D eigenvalue weighted by molar-refractivity contribution is 6.04. The van der Waals surface area contributed by atoms with Crippen LogP contribution in [0.3, 0.4) is 0 Å². The van der Waals surface area contributed by atoms with Gasteiger partial charge in [0.25, 0.3) is 5.91 Å². The van der Waals surface area contributed by atoms with Gasteiger partial charge in [-0.05, 0) is 38.5 Å². The minimum Gasteiger partial charge on any atom is -0.491 e. The number of carbonyl (C=O) groups excluding carboxylic acids is 2. The van der Waals surface area contributed by atoms with Crippen molar-refractivity contribution in [2.24, 2.45) is 5.73 Å². The molecule has 1 aliphatic rings. The summed E-state index contributed by atoms with van der Waals surface area (Å²) in [6.07, 6.45) is 0.751. The molecular formula is C18H20N6O3. The van der Waals surface area contributed by atoms with E-state index in [9.17, 15) is 9.59 Å². The van der Waals surface area contributed by atoms with Gasteiger partial charge < -0.3 is 15.0 Å². The lowest BCUT2D eigenvalue weighted by Crippen LogP contribution is -2.20. The van der Waals surface area contributed by atoms with Crippen molar-refractivity contribution < 1.29 is 14.3 Å². The Labute approximate surface area is 155 Å². The fraction of sp³-hybridized carbons (Fsp3) is 0.333. The lowest BCUT2D eigenvalue weighted by Gasteiger charge is -2.09. The van der Waals surface area contributed by atoms with Crippen LogP contribution in [0.25, 0.3) is 11.0 Å². The number of amides is 2. The van der Waals surface area contributed by atoms with Crippen LogP contribution >= 0.6 is 0 Å². The first-order chi connectivity index (χ1) is 13.0. The second-order valence-electron chi connectivity index (χ2n) is 6.44. The molecule has 0 aliphatic carbocycles. The molecule has 3 aromatic rings. The van der Waals surface area contributed by atoms with E-state index in [1.165, 1.54) is 0 Å². The number of rotatable bonds is 4. The van der Waals surface area contributed by atoms with E-state index < -0.39 is 5.91 Å². The number of hydrogen-bond acceptors (Lipinski definition) is 5. The summed E-state index contributed by atoms with van der Waals surface area (Å²) in [4.78, 5) is 28.9. The van der Waals surface area contributed by atoms with Crippen LogP contribution in [0.4, 0.5) is 5.95 Å². The average Bonchev–Trinajstić information content (AvgIpc) is 3.09. The third kappa shape index (κ3) is 2.90. The highest BCUT2D eigenvalue weighted by Crippen LogP contribution is 2.32. The van der Waals surface area contributed by atoms with Gasteiger partial charge in [0, 0.05) is 18.7 Å². The first kappa shape index (κ1) is 17.1. The number of nitrogens with one attached hydrogen (secondary N) is 1. The fourth-order valence-electron chi connectivity index (χ4n) is 3.34. The summed E-state index contributed by atoms with van der Waals surface area (Å²) < 4.78 is 9.31. The van der Waals surface area contributed by atoms with E-state index in [2.05, 4.69) is 15.4 Å². The number of imidazole rings is 1. The predicted octanol–water partition coefficient (Wildman–Crippen LogP) is 1.69. The van der Waals surface area contributed by atoms with Gasteiger partial charge in [-0.1, -0.05) is 0 Å². The minimum absolute atomic E-state index is 0.286. The molecule has 2 amide bonds. The van der Waals surface area contributed by atoms with Crippen LogP contribution in [0.2, 0.25) is 0 Å². The molecule has 1 aliphatic heterocycles. The molecule has 0 saturated carbocycles. The summed E-state index contributed by atoms with van der Waals surface area (Å²) in [6, 6.07) is 4.97. The summed E-state index contributed by atoms with van der Waals surface area (Å²) in [5.41, 5.74) is 8.28. The van der Waals surface area contributed by atoms with Gasteiger partial charge in [-0.3, -0.25) is 19.6 Å². The number of aryl methyl sites for hydroxylation is 3. The normalized spacial score (nSPS) is 13.3. The number of benzene rings is 1. The van der Waals surface area contributed by atoms with Gasteiger partial charge in [-0.25, -0.2) is 4.98 Å². The standard InChI is InChI=1S/C18H20N6O3/c1-3-24-13(7-10(2)22-24)17(26)21-18-20-12-8-11(16(19)25)9-14-15(12)23(18)5-4-6-27-14/h7-9H,3-6H2,1-2H3,(H2,19,25)(H,20,21,26). The van der Waals surface area contributed by atoms with Crippen LogP contribution in [0, 0.1) is 6.92 Å². The number of primary amides is 1. The van der Waals surface area contributed by atoms with Crippen LogP contribution in [0.5, 0.6) is 5.75 Å². The zero-order valence-electron chi connectivity index (χ0n) is 15.2. The van der Waals surface area contributed by atoms with Crippen LogP contribution in [-0.2, 0) is 13.1 Å². The van der Waals surface area contributed by atoms with E-state index in [0.29, 0.717) is 48.2 Å². The van der Waals surface area contributed by atoms with Crippen molar-refractivity contribution in [2.45, 2.75) is 33.4 Å². The van der Waals surface area contributed by atoms with Crippen molar-refractivity contribution >= 4 is 28.8 Å². The number of nitrogens with zero attached hydrogens (tertiary/aromatic N) is 4. The Bertz CT molecular complexity index is 1060. The third-order valence-corrected chi connectivity index (χ3v) is 4.53. The van der Waals surface area contributed by atoms with Gasteiger partial charge in [0.1, 0.15) is 17.0 Å². The minimum atomic E-state index is -0.552. The molecule has 3 heterocycles. The maximum Gasteiger partial charge on any atom is 0.276 e. The van der Waals surface area contributed by atoms with Gasteiger partial charge >= 0.3 is 0 Å². The number of nitrogens with two attached hydrogens (primary N) is 1. The molecule has 0 fully saturated rings. The molecule has 140 valence electrons. The molecule has 0 atom stereocenters. The molecule has 9 heteroatoms. The smallest absolute Gasteiger partial charge is 0.276 e. The van der Waals surface area contributed by atoms with Crippen LogP contribution < -0.4 is 15.8 Å². The Kier molecular flexibility index (Phi) is 4.06. The fourth-order valence-corrected chi connectivity index (χ4v) is 3.34. The molecule has 0 spiro atoms. The molecule has 27 heavy (non-hydrogen) atoms. The SMILES string of the molecule is CCn1nc(C)cc1C(=O)Nc1nc2cc(C(N)=O)cc3c2n1CCCO3. The topological polar surface area (TPSA) is 117 Å². The highest BCUT2D eigenvalue weighted by atomic mass is 16.5. The Morgan fingerprint density at radius 1 is 1.33 bits per heavy atom. The lowest BCUT2D eigenvalue weighted by molar-refractivity contribution is 0.0995. The first-order valence-electron chi connectivity index (χ1n) is 8.80. The van der Waals surface area contributed by atoms with Gasteiger partial charge in [0.05, 0.1) is 17.8 Å². The molecule has 4 rings (SSSR count). The predicted molar refractivity (Wildman–Crippen MR) is 99.0 cm³/mol. The average molecular weight is 368 g/mol. The van der Waals surface area contributed by atoms with Crippen LogP contribution in [0.15, 0.2) is 18.2 Å². The van der Waals surface area contributed by atoms with Crippen molar-refractivity contribution in [2.75, 3.05) is 11.9 Å². The number of aromatic nitrogens is 4. The highest BCUT2D eigenvalue weighted by Gasteiger charge is 2.22. The Balaban J connectivity index is 1.78. The van der Waals surface area contributed by atoms with Crippen molar-refractivity contribution in [3.8, 4) is 5.75 Å². The van der Waals surface area contributed by atoms with Crippen LogP contribution in [0.1, 0.15) is 39.9 Å². The molecular weight excluding hydrogens is 348 g/mol. The zero-order chi connectivity index (χ0) is 19.1. The molecule has 9 nitrogen and oxygen atoms in total. The van der Waals surface area contributed by atoms with E-state index in [1.54, 1.807) is 22.9 Å². The quantitative estimate of drug-likeness (QED) is 0.727. The largest absolute Gasteiger partial charge is 0.491 e. The summed E-state index contributed by atoms with van der Waals surface area (Å²) in [5.74, 6) is 0.112. The Morgan fingerprint density at radius 3 is 2.89 bits per heavy atom. The summed E-state index contributed by atoms with van der Waals surface area (Å²) in [7, 11) is 0. The molecule has 1 aromatic carbocycles. The van der Waals surface area contributed by atoms with Gasteiger partial charge in [0.2, 0.25) is 11.9 Å². The second-order valence-corrected chi connectivity index (χ2v) is 6.44. The molecule has 3 N–H and O–H groups in total. The number of carbonyl (C=O) groups is 2. The van der Waals surface area contributed by atoms with E-state index in [1.807, 2.05) is 18.4 Å². The van der Waals surface area contributed by atoms with Gasteiger partial charge in [-0.2, -0.15) is 5.10 Å². The maximum absolute atomic E-state index is 12.8. The summed E-state index contributed by atoms with van der Waals surface area (Å²) in [5, 5.41) is 7.18. The summed E-state index contributed by atoms with van der Waals surface area (Å²) >= 11 is 0. The Hall–Kier alpha value is -3.36. The monoisotopic (exact) mass is 368 g/mol. The van der Waals surface area contributed by atoms with E-state index >= 15 is 0 Å². The number of anilines is 1. The van der Waals surface area contributed by atoms with E-state index in [4.69, 9.17) is 10.5 Å². The van der Waals surface area contributed by atoms with Crippen molar-refractivity contribution in [3.63, 3.8) is 0 Å². The zero-order valence-corrected chi connectivity index (χ0v) is 15.2. The molecule has 0 unspecified atom stereocenters. The molecule has 0 radical (unpaired) electrons. The Morgan fingerprint density at radius 2 is 2.15 bits per heavy atom. The molecule has 0 bridgehead atoms.